The van der Waals surface area contributed by atoms with Crippen LogP contribution in [0.1, 0.15) is 11.1 Å². The predicted molar refractivity (Wildman–Crippen MR) is 79.7 cm³/mol. The lowest BCUT2D eigenvalue weighted by atomic mass is 10.2. The quantitative estimate of drug-likeness (QED) is 0.582. The van der Waals surface area contributed by atoms with Crippen LogP contribution in [0.3, 0.4) is 0 Å². The van der Waals surface area contributed by atoms with Crippen LogP contribution in [-0.2, 0) is 6.61 Å². The molecule has 0 aliphatic heterocycles. The summed E-state index contributed by atoms with van der Waals surface area (Å²) in [6, 6.07) is 8.20. The van der Waals surface area contributed by atoms with Gasteiger partial charge in [0.15, 0.2) is 0 Å². The first kappa shape index (κ1) is 15.6. The first-order valence-corrected chi connectivity index (χ1v) is 6.92. The van der Waals surface area contributed by atoms with E-state index >= 15 is 0 Å². The Kier molecular flexibility index (Phi) is 5.44. The summed E-state index contributed by atoms with van der Waals surface area (Å²) in [5, 5.41) is 0.405. The van der Waals surface area contributed by atoms with Crippen LogP contribution in [0.15, 0.2) is 36.4 Å². The first-order valence-electron chi connectivity index (χ1n) is 6.00. The molecule has 0 fully saturated rings. The Bertz CT molecular complexity index is 705. The maximum absolute atomic E-state index is 13.5. The molecule has 0 amide bonds. The highest BCUT2D eigenvalue weighted by atomic mass is 35.5. The molecule has 0 aliphatic rings. The lowest BCUT2D eigenvalue weighted by Crippen LogP contribution is -1.99. The van der Waals surface area contributed by atoms with Crippen LogP contribution in [0.5, 0.6) is 5.75 Å². The topological polar surface area (TPSA) is 9.23 Å². The average Bonchev–Trinajstić information content (AvgIpc) is 2.45. The van der Waals surface area contributed by atoms with Crippen molar-refractivity contribution in [1.82, 2.24) is 0 Å². The van der Waals surface area contributed by atoms with Crippen LogP contribution in [0.2, 0.25) is 5.02 Å². The summed E-state index contributed by atoms with van der Waals surface area (Å²) in [5.41, 5.74) is 0.734. The Morgan fingerprint density at radius 2 is 1.90 bits per heavy atom. The van der Waals surface area contributed by atoms with E-state index in [9.17, 15) is 8.78 Å². The molecule has 0 aromatic heterocycles. The maximum atomic E-state index is 13.5. The molecule has 2 aromatic rings. The first-order chi connectivity index (χ1) is 10.1. The second-order valence-corrected chi connectivity index (χ2v) is 4.84. The summed E-state index contributed by atoms with van der Waals surface area (Å²) in [6.45, 7) is -0.0573. The summed E-state index contributed by atoms with van der Waals surface area (Å²) >= 11 is 11.2. The van der Waals surface area contributed by atoms with Crippen molar-refractivity contribution in [1.29, 1.82) is 0 Å². The smallest absolute Gasteiger partial charge is 0.129 e. The number of ether oxygens (including phenoxy) is 1. The van der Waals surface area contributed by atoms with E-state index in [1.165, 1.54) is 30.3 Å². The zero-order valence-electron chi connectivity index (χ0n) is 10.8. The highest BCUT2D eigenvalue weighted by Gasteiger charge is 2.06. The van der Waals surface area contributed by atoms with Crippen LogP contribution in [0.4, 0.5) is 8.78 Å². The lowest BCUT2D eigenvalue weighted by molar-refractivity contribution is 0.298. The van der Waals surface area contributed by atoms with Gasteiger partial charge in [0.25, 0.3) is 0 Å². The molecular formula is C16H10Cl2F2O. The molecule has 0 heterocycles. The summed E-state index contributed by atoms with van der Waals surface area (Å²) in [7, 11) is 0. The van der Waals surface area contributed by atoms with Crippen LogP contribution in [-0.4, -0.2) is 5.88 Å². The standard InChI is InChI=1S/C16H10Cl2F2O/c17-5-1-2-11-6-14(19)9-15(7-11)21-10-12-8-13(18)3-4-16(12)20/h3-4,6-9H,5,10H2. The van der Waals surface area contributed by atoms with Crippen LogP contribution in [0.25, 0.3) is 0 Å². The number of halogens is 4. The highest BCUT2D eigenvalue weighted by molar-refractivity contribution is 6.30. The van der Waals surface area contributed by atoms with Gasteiger partial charge in [0.05, 0.1) is 5.88 Å². The molecule has 0 radical (unpaired) electrons. The minimum Gasteiger partial charge on any atom is -0.489 e. The van der Waals surface area contributed by atoms with Crippen LogP contribution in [0, 0.1) is 23.5 Å². The molecule has 108 valence electrons. The predicted octanol–water partition coefficient (Wildman–Crippen LogP) is 4.79. The third kappa shape index (κ3) is 4.63. The molecule has 0 N–H and O–H groups in total. The van der Waals surface area contributed by atoms with Gasteiger partial charge in [-0.2, -0.15) is 0 Å². The van der Waals surface area contributed by atoms with E-state index in [2.05, 4.69) is 11.8 Å². The lowest BCUT2D eigenvalue weighted by Gasteiger charge is -2.08. The van der Waals surface area contributed by atoms with Gasteiger partial charge in [0, 0.05) is 22.2 Å². The molecule has 21 heavy (non-hydrogen) atoms. The van der Waals surface area contributed by atoms with E-state index in [1.54, 1.807) is 6.07 Å². The highest BCUT2D eigenvalue weighted by Crippen LogP contribution is 2.20. The second-order valence-electron chi connectivity index (χ2n) is 4.14. The zero-order chi connectivity index (χ0) is 15.2. The van der Waals surface area contributed by atoms with Gasteiger partial charge in [-0.3, -0.25) is 0 Å². The molecule has 5 heteroatoms. The van der Waals surface area contributed by atoms with E-state index in [4.69, 9.17) is 27.9 Å². The minimum atomic E-state index is -0.488. The van der Waals surface area contributed by atoms with Gasteiger partial charge in [-0.1, -0.05) is 23.4 Å². The van der Waals surface area contributed by atoms with E-state index in [0.29, 0.717) is 16.1 Å². The largest absolute Gasteiger partial charge is 0.489 e. The van der Waals surface area contributed by atoms with Gasteiger partial charge in [-0.05, 0) is 30.3 Å². The van der Waals surface area contributed by atoms with Gasteiger partial charge >= 0.3 is 0 Å². The van der Waals surface area contributed by atoms with Crippen molar-refractivity contribution < 1.29 is 13.5 Å². The maximum Gasteiger partial charge on any atom is 0.129 e. The van der Waals surface area contributed by atoms with Gasteiger partial charge in [0.2, 0.25) is 0 Å². The third-order valence-corrected chi connectivity index (χ3v) is 2.94. The Hall–Kier alpha value is -1.76. The molecular weight excluding hydrogens is 317 g/mol. The van der Waals surface area contributed by atoms with Gasteiger partial charge < -0.3 is 4.74 Å². The van der Waals surface area contributed by atoms with Crippen LogP contribution >= 0.6 is 23.2 Å². The zero-order valence-corrected chi connectivity index (χ0v) is 12.3. The van der Waals surface area contributed by atoms with E-state index in [1.807, 2.05) is 0 Å². The SMILES string of the molecule is Fc1cc(C#CCCl)cc(OCc2cc(Cl)ccc2F)c1. The van der Waals surface area contributed by atoms with Crippen LogP contribution < -0.4 is 4.74 Å². The van der Waals surface area contributed by atoms with E-state index in [-0.39, 0.29) is 18.2 Å². The molecule has 2 rings (SSSR count). The number of hydrogen-bond donors (Lipinski definition) is 0. The Labute approximate surface area is 131 Å². The van der Waals surface area contributed by atoms with Gasteiger partial charge in [-0.25, -0.2) is 8.78 Å². The minimum absolute atomic E-state index is 0.0573. The van der Waals surface area contributed by atoms with Gasteiger partial charge in [0.1, 0.15) is 24.0 Å². The van der Waals surface area contributed by atoms with Crippen molar-refractivity contribution in [2.45, 2.75) is 6.61 Å². The Balaban J connectivity index is 2.16. The number of hydrogen-bond acceptors (Lipinski definition) is 1. The van der Waals surface area contributed by atoms with Crippen molar-refractivity contribution in [3.63, 3.8) is 0 Å². The molecule has 2 aromatic carbocycles. The van der Waals surface area contributed by atoms with Crippen molar-refractivity contribution in [2.24, 2.45) is 0 Å². The summed E-state index contributed by atoms with van der Waals surface area (Å²) < 4.78 is 32.4. The molecule has 0 saturated carbocycles. The van der Waals surface area contributed by atoms with E-state index < -0.39 is 11.6 Å². The van der Waals surface area contributed by atoms with Crippen molar-refractivity contribution in [3.8, 4) is 17.6 Å². The van der Waals surface area contributed by atoms with Crippen molar-refractivity contribution in [3.05, 3.63) is 64.2 Å². The number of rotatable bonds is 3. The molecule has 0 saturated heterocycles. The number of alkyl halides is 1. The fraction of sp³-hybridized carbons (Fsp3) is 0.125. The van der Waals surface area contributed by atoms with Crippen molar-refractivity contribution in [2.75, 3.05) is 5.88 Å². The monoisotopic (exact) mass is 326 g/mol. The molecule has 0 unspecified atom stereocenters. The molecule has 0 aliphatic carbocycles. The number of benzene rings is 2. The molecule has 0 atom stereocenters. The van der Waals surface area contributed by atoms with Gasteiger partial charge in [-0.15, -0.1) is 11.6 Å². The molecule has 0 bridgehead atoms. The summed E-state index contributed by atoms with van der Waals surface area (Å²) in [4.78, 5) is 0. The normalized spacial score (nSPS) is 9.90. The second kappa shape index (κ2) is 7.31. The average molecular weight is 327 g/mol. The summed E-state index contributed by atoms with van der Waals surface area (Å²) in [6.07, 6.45) is 0. The fourth-order valence-corrected chi connectivity index (χ4v) is 1.93. The Morgan fingerprint density at radius 1 is 1.10 bits per heavy atom. The molecule has 1 nitrogen and oxygen atoms in total. The molecule has 0 spiro atoms. The van der Waals surface area contributed by atoms with Crippen molar-refractivity contribution >= 4 is 23.2 Å². The fourth-order valence-electron chi connectivity index (χ4n) is 1.67. The third-order valence-electron chi connectivity index (χ3n) is 2.57. The Morgan fingerprint density at radius 3 is 2.67 bits per heavy atom. The van der Waals surface area contributed by atoms with E-state index in [0.717, 1.165) is 0 Å². The summed E-state index contributed by atoms with van der Waals surface area (Å²) in [5.74, 6) is 4.81.